The second-order valence-electron chi connectivity index (χ2n) is 7.16. The third-order valence-corrected chi connectivity index (χ3v) is 4.86. The predicted octanol–water partition coefficient (Wildman–Crippen LogP) is 1.11. The van der Waals surface area contributed by atoms with E-state index in [-0.39, 0.29) is 18.5 Å². The number of carbonyl (C=O) groups is 1. The van der Waals surface area contributed by atoms with E-state index >= 15 is 0 Å². The summed E-state index contributed by atoms with van der Waals surface area (Å²) in [6.45, 7) is 8.32. The molecule has 0 unspecified atom stereocenters. The number of aryl methyl sites for hydroxylation is 3. The number of nitrogens with zero attached hydrogens (tertiary/aromatic N) is 8. The van der Waals surface area contributed by atoms with Gasteiger partial charge < -0.3 is 14.5 Å². The van der Waals surface area contributed by atoms with Crippen LogP contribution in [0.5, 0.6) is 6.01 Å². The van der Waals surface area contributed by atoms with Crippen LogP contribution in [0, 0.1) is 20.8 Å². The van der Waals surface area contributed by atoms with Crippen LogP contribution in [0.3, 0.4) is 0 Å². The van der Waals surface area contributed by atoms with Crippen molar-refractivity contribution < 1.29 is 9.53 Å². The SMILES string of the molecule is Cc1cc(C)n(-c2cc(N3CCN(C(=O)COc4ncccn4)CC3)nc(C)n2)n1. The first-order valence-electron chi connectivity index (χ1n) is 9.81. The summed E-state index contributed by atoms with van der Waals surface area (Å²) in [7, 11) is 0. The Labute approximate surface area is 174 Å². The van der Waals surface area contributed by atoms with E-state index < -0.39 is 0 Å². The molecule has 1 aliphatic heterocycles. The van der Waals surface area contributed by atoms with Crippen molar-refractivity contribution in [3.05, 3.63) is 47.8 Å². The average Bonchev–Trinajstić information content (AvgIpc) is 3.10. The molecule has 4 rings (SSSR count). The van der Waals surface area contributed by atoms with Gasteiger partial charge >= 0.3 is 6.01 Å². The summed E-state index contributed by atoms with van der Waals surface area (Å²) in [4.78, 5) is 33.4. The van der Waals surface area contributed by atoms with Crippen molar-refractivity contribution >= 4 is 11.7 Å². The quantitative estimate of drug-likeness (QED) is 0.619. The van der Waals surface area contributed by atoms with E-state index in [0.29, 0.717) is 32.0 Å². The Kier molecular flexibility index (Phi) is 5.55. The van der Waals surface area contributed by atoms with Gasteiger partial charge in [0.1, 0.15) is 11.6 Å². The topological polar surface area (TPSA) is 102 Å². The third kappa shape index (κ3) is 4.37. The molecule has 0 saturated carbocycles. The molecule has 1 amide bonds. The summed E-state index contributed by atoms with van der Waals surface area (Å²) in [6, 6.07) is 5.87. The largest absolute Gasteiger partial charge is 0.453 e. The lowest BCUT2D eigenvalue weighted by atomic mass is 10.3. The van der Waals surface area contributed by atoms with Gasteiger partial charge in [0.25, 0.3) is 5.91 Å². The van der Waals surface area contributed by atoms with Crippen LogP contribution < -0.4 is 9.64 Å². The van der Waals surface area contributed by atoms with Crippen LogP contribution >= 0.6 is 0 Å². The van der Waals surface area contributed by atoms with Crippen molar-refractivity contribution in [2.24, 2.45) is 0 Å². The maximum Gasteiger partial charge on any atom is 0.316 e. The number of piperazine rings is 1. The minimum atomic E-state index is -0.0794. The van der Waals surface area contributed by atoms with Crippen molar-refractivity contribution in [2.75, 3.05) is 37.7 Å². The second-order valence-corrected chi connectivity index (χ2v) is 7.16. The first-order valence-corrected chi connectivity index (χ1v) is 9.81. The van der Waals surface area contributed by atoms with Gasteiger partial charge in [-0.3, -0.25) is 4.79 Å². The van der Waals surface area contributed by atoms with Gasteiger partial charge in [-0.25, -0.2) is 24.6 Å². The summed E-state index contributed by atoms with van der Waals surface area (Å²) < 4.78 is 7.20. The molecule has 3 aromatic heterocycles. The van der Waals surface area contributed by atoms with Crippen molar-refractivity contribution in [3.63, 3.8) is 0 Å². The lowest BCUT2D eigenvalue weighted by Crippen LogP contribution is -2.50. The van der Waals surface area contributed by atoms with Gasteiger partial charge in [-0.2, -0.15) is 5.10 Å². The number of hydrogen-bond donors (Lipinski definition) is 0. The maximum absolute atomic E-state index is 12.4. The zero-order chi connectivity index (χ0) is 21.1. The standard InChI is InChI=1S/C20H24N8O2/c1-14-11-15(2)28(25-14)18-12-17(23-16(3)24-18)26-7-9-27(10-8-26)19(29)13-30-20-21-5-4-6-22-20/h4-6,11-12H,7-10,13H2,1-3H3. The highest BCUT2D eigenvalue weighted by Crippen LogP contribution is 2.19. The Morgan fingerprint density at radius 2 is 1.70 bits per heavy atom. The summed E-state index contributed by atoms with van der Waals surface area (Å²) >= 11 is 0. The van der Waals surface area contributed by atoms with Crippen LogP contribution in [-0.2, 0) is 4.79 Å². The number of aromatic nitrogens is 6. The fourth-order valence-electron chi connectivity index (χ4n) is 3.43. The van der Waals surface area contributed by atoms with Gasteiger partial charge in [0.05, 0.1) is 5.69 Å². The van der Waals surface area contributed by atoms with Crippen LogP contribution in [0.15, 0.2) is 30.6 Å². The van der Waals surface area contributed by atoms with Crippen LogP contribution in [0.4, 0.5) is 5.82 Å². The molecule has 1 aliphatic rings. The van der Waals surface area contributed by atoms with Crippen LogP contribution in [0.1, 0.15) is 17.2 Å². The molecule has 156 valence electrons. The smallest absolute Gasteiger partial charge is 0.316 e. The van der Waals surface area contributed by atoms with Crippen LogP contribution in [0.25, 0.3) is 5.82 Å². The number of carbonyl (C=O) groups excluding carboxylic acids is 1. The number of rotatable bonds is 5. The lowest BCUT2D eigenvalue weighted by molar-refractivity contribution is -0.133. The molecule has 0 N–H and O–H groups in total. The Morgan fingerprint density at radius 1 is 1.00 bits per heavy atom. The third-order valence-electron chi connectivity index (χ3n) is 4.86. The minimum Gasteiger partial charge on any atom is -0.453 e. The molecule has 0 bridgehead atoms. The number of amides is 1. The van der Waals surface area contributed by atoms with E-state index in [0.717, 1.165) is 23.0 Å². The number of hydrogen-bond acceptors (Lipinski definition) is 8. The first-order chi connectivity index (χ1) is 14.5. The first kappa shape index (κ1) is 19.7. The second kappa shape index (κ2) is 8.44. The van der Waals surface area contributed by atoms with Gasteiger partial charge in [0.15, 0.2) is 12.4 Å². The molecule has 0 atom stereocenters. The normalized spacial score (nSPS) is 14.1. The monoisotopic (exact) mass is 408 g/mol. The van der Waals surface area contributed by atoms with Crippen molar-refractivity contribution in [1.82, 2.24) is 34.6 Å². The van der Waals surface area contributed by atoms with Gasteiger partial charge in [0, 0.05) is 50.3 Å². The zero-order valence-electron chi connectivity index (χ0n) is 17.3. The number of anilines is 1. The molecule has 0 spiro atoms. The molecular formula is C20H24N8O2. The molecule has 0 radical (unpaired) electrons. The predicted molar refractivity (Wildman–Crippen MR) is 110 cm³/mol. The lowest BCUT2D eigenvalue weighted by Gasteiger charge is -2.35. The van der Waals surface area contributed by atoms with E-state index in [2.05, 4.69) is 29.9 Å². The van der Waals surface area contributed by atoms with Crippen molar-refractivity contribution in [3.8, 4) is 11.8 Å². The minimum absolute atomic E-state index is 0.0707. The van der Waals surface area contributed by atoms with Crippen molar-refractivity contribution in [2.45, 2.75) is 20.8 Å². The molecule has 10 heteroatoms. The highest BCUT2D eigenvalue weighted by Gasteiger charge is 2.23. The Hall–Kier alpha value is -3.56. The highest BCUT2D eigenvalue weighted by molar-refractivity contribution is 5.78. The molecule has 3 aromatic rings. The molecule has 10 nitrogen and oxygen atoms in total. The summed E-state index contributed by atoms with van der Waals surface area (Å²) in [5, 5.41) is 4.52. The molecule has 30 heavy (non-hydrogen) atoms. The van der Waals surface area contributed by atoms with E-state index in [9.17, 15) is 4.79 Å². The Balaban J connectivity index is 1.39. The number of ether oxygens (including phenoxy) is 1. The average molecular weight is 408 g/mol. The summed E-state index contributed by atoms with van der Waals surface area (Å²) in [5.41, 5.74) is 1.97. The molecular weight excluding hydrogens is 384 g/mol. The molecule has 1 fully saturated rings. The van der Waals surface area contributed by atoms with Crippen molar-refractivity contribution in [1.29, 1.82) is 0 Å². The zero-order valence-corrected chi connectivity index (χ0v) is 17.3. The fourth-order valence-corrected chi connectivity index (χ4v) is 3.43. The van der Waals surface area contributed by atoms with E-state index in [1.807, 2.05) is 37.6 Å². The van der Waals surface area contributed by atoms with E-state index in [4.69, 9.17) is 4.74 Å². The van der Waals surface area contributed by atoms with Crippen LogP contribution in [-0.4, -0.2) is 73.3 Å². The Bertz CT molecular complexity index is 1030. The van der Waals surface area contributed by atoms with E-state index in [1.165, 1.54) is 0 Å². The fraction of sp³-hybridized carbons (Fsp3) is 0.400. The van der Waals surface area contributed by atoms with Gasteiger partial charge in [-0.15, -0.1) is 0 Å². The molecule has 4 heterocycles. The molecule has 0 aromatic carbocycles. The van der Waals surface area contributed by atoms with Gasteiger partial charge in [0.2, 0.25) is 0 Å². The maximum atomic E-state index is 12.4. The highest BCUT2D eigenvalue weighted by atomic mass is 16.5. The molecule has 1 saturated heterocycles. The molecule has 0 aliphatic carbocycles. The summed E-state index contributed by atoms with van der Waals surface area (Å²) in [5.74, 6) is 2.19. The van der Waals surface area contributed by atoms with E-state index in [1.54, 1.807) is 23.4 Å². The summed E-state index contributed by atoms with van der Waals surface area (Å²) in [6.07, 6.45) is 3.16. The van der Waals surface area contributed by atoms with Gasteiger partial charge in [-0.05, 0) is 32.9 Å². The van der Waals surface area contributed by atoms with Crippen LogP contribution in [0.2, 0.25) is 0 Å². The van der Waals surface area contributed by atoms with Gasteiger partial charge in [-0.1, -0.05) is 0 Å². The Morgan fingerprint density at radius 3 is 2.37 bits per heavy atom.